The molecular formula is C17H13F5N2O2. The van der Waals surface area contributed by atoms with Gasteiger partial charge in [-0.3, -0.25) is 9.59 Å². The van der Waals surface area contributed by atoms with Crippen LogP contribution < -0.4 is 10.6 Å². The number of amides is 2. The van der Waals surface area contributed by atoms with Gasteiger partial charge in [-0.05, 0) is 23.8 Å². The Morgan fingerprint density at radius 1 is 0.923 bits per heavy atom. The lowest BCUT2D eigenvalue weighted by atomic mass is 10.1. The Labute approximate surface area is 145 Å². The first-order valence-electron chi connectivity index (χ1n) is 7.33. The van der Waals surface area contributed by atoms with Crippen LogP contribution in [0.4, 0.5) is 27.6 Å². The van der Waals surface area contributed by atoms with E-state index in [9.17, 15) is 31.5 Å². The summed E-state index contributed by atoms with van der Waals surface area (Å²) in [6.07, 6.45) is -4.86. The minimum Gasteiger partial charge on any atom is -0.347 e. The maximum atomic E-state index is 13.0. The summed E-state index contributed by atoms with van der Waals surface area (Å²) in [6, 6.07) is 7.02. The maximum Gasteiger partial charge on any atom is 0.416 e. The van der Waals surface area contributed by atoms with Crippen LogP contribution in [-0.4, -0.2) is 18.4 Å². The van der Waals surface area contributed by atoms with E-state index in [1.54, 1.807) is 0 Å². The highest BCUT2D eigenvalue weighted by atomic mass is 19.4. The van der Waals surface area contributed by atoms with E-state index in [0.717, 1.165) is 30.3 Å². The van der Waals surface area contributed by atoms with Crippen LogP contribution in [0.3, 0.4) is 0 Å². The van der Waals surface area contributed by atoms with Crippen molar-refractivity contribution in [1.82, 2.24) is 5.32 Å². The van der Waals surface area contributed by atoms with Crippen LogP contribution in [0.15, 0.2) is 42.5 Å². The molecule has 4 nitrogen and oxygen atoms in total. The number of hydrogen-bond acceptors (Lipinski definition) is 2. The standard InChI is InChI=1S/C17H13F5N2O2/c18-13-5-4-12(8-14(13)19)24-16(26)9-23-15(25)7-10-2-1-3-11(6-10)17(20,21)22/h1-6,8H,7,9H2,(H,23,25)(H,24,26). The average Bonchev–Trinajstić information content (AvgIpc) is 2.56. The highest BCUT2D eigenvalue weighted by molar-refractivity contribution is 5.94. The normalized spacial score (nSPS) is 11.1. The van der Waals surface area contributed by atoms with Crippen molar-refractivity contribution in [1.29, 1.82) is 0 Å². The molecule has 0 unspecified atom stereocenters. The Morgan fingerprint density at radius 3 is 2.31 bits per heavy atom. The molecule has 0 aliphatic heterocycles. The van der Waals surface area contributed by atoms with Crippen LogP contribution >= 0.6 is 0 Å². The van der Waals surface area contributed by atoms with Gasteiger partial charge >= 0.3 is 6.18 Å². The van der Waals surface area contributed by atoms with Crippen molar-refractivity contribution >= 4 is 17.5 Å². The van der Waals surface area contributed by atoms with E-state index in [-0.39, 0.29) is 17.7 Å². The van der Waals surface area contributed by atoms with Gasteiger partial charge in [0.05, 0.1) is 18.5 Å². The van der Waals surface area contributed by atoms with Crippen molar-refractivity contribution in [2.45, 2.75) is 12.6 Å². The highest BCUT2D eigenvalue weighted by Crippen LogP contribution is 2.29. The lowest BCUT2D eigenvalue weighted by Crippen LogP contribution is -2.33. The topological polar surface area (TPSA) is 58.2 Å². The fourth-order valence-electron chi connectivity index (χ4n) is 2.06. The van der Waals surface area contributed by atoms with Gasteiger partial charge < -0.3 is 10.6 Å². The molecule has 2 N–H and O–H groups in total. The number of hydrogen-bond donors (Lipinski definition) is 2. The van der Waals surface area contributed by atoms with Crippen molar-refractivity contribution in [3.8, 4) is 0 Å². The van der Waals surface area contributed by atoms with Gasteiger partial charge in [-0.2, -0.15) is 13.2 Å². The summed E-state index contributed by atoms with van der Waals surface area (Å²) >= 11 is 0. The number of anilines is 1. The van der Waals surface area contributed by atoms with Crippen molar-refractivity contribution < 1.29 is 31.5 Å². The number of nitrogens with one attached hydrogen (secondary N) is 2. The third-order valence-corrected chi connectivity index (χ3v) is 3.27. The Balaban J connectivity index is 1.86. The molecular weight excluding hydrogens is 359 g/mol. The van der Waals surface area contributed by atoms with E-state index in [1.807, 2.05) is 0 Å². The maximum absolute atomic E-state index is 13.0. The van der Waals surface area contributed by atoms with E-state index in [1.165, 1.54) is 12.1 Å². The highest BCUT2D eigenvalue weighted by Gasteiger charge is 2.30. The monoisotopic (exact) mass is 372 g/mol. The van der Waals surface area contributed by atoms with Crippen LogP contribution in [0.5, 0.6) is 0 Å². The van der Waals surface area contributed by atoms with E-state index in [4.69, 9.17) is 0 Å². The number of carbonyl (C=O) groups excluding carboxylic acids is 2. The van der Waals surface area contributed by atoms with Crippen LogP contribution in [0, 0.1) is 11.6 Å². The summed E-state index contributed by atoms with van der Waals surface area (Å²) in [5.41, 5.74) is -0.738. The average molecular weight is 372 g/mol. The molecule has 0 aliphatic rings. The molecule has 0 heterocycles. The minimum atomic E-state index is -4.52. The van der Waals surface area contributed by atoms with Gasteiger partial charge in [0.15, 0.2) is 11.6 Å². The second-order valence-electron chi connectivity index (χ2n) is 5.33. The molecule has 2 amide bonds. The summed E-state index contributed by atoms with van der Waals surface area (Å²) in [5, 5.41) is 4.48. The minimum absolute atomic E-state index is 0.000951. The predicted octanol–water partition coefficient (Wildman–Crippen LogP) is 3.28. The third-order valence-electron chi connectivity index (χ3n) is 3.27. The van der Waals surface area contributed by atoms with Gasteiger partial charge in [-0.1, -0.05) is 18.2 Å². The van der Waals surface area contributed by atoms with Gasteiger partial charge in [0.25, 0.3) is 0 Å². The van der Waals surface area contributed by atoms with Crippen LogP contribution in [0.1, 0.15) is 11.1 Å². The number of alkyl halides is 3. The second kappa shape index (κ2) is 7.94. The smallest absolute Gasteiger partial charge is 0.347 e. The molecule has 0 aromatic heterocycles. The first-order chi connectivity index (χ1) is 12.1. The van der Waals surface area contributed by atoms with Gasteiger partial charge in [0.2, 0.25) is 11.8 Å². The predicted molar refractivity (Wildman–Crippen MR) is 83.1 cm³/mol. The molecule has 138 valence electrons. The summed E-state index contributed by atoms with van der Waals surface area (Å²) in [7, 11) is 0. The Bertz CT molecular complexity index is 821. The Kier molecular flexibility index (Phi) is 5.91. The zero-order valence-electron chi connectivity index (χ0n) is 13.2. The molecule has 2 aromatic rings. The Morgan fingerprint density at radius 2 is 1.65 bits per heavy atom. The molecule has 0 fully saturated rings. The summed E-state index contributed by atoms with van der Waals surface area (Å²) < 4.78 is 63.7. The Hall–Kier alpha value is -2.97. The van der Waals surface area contributed by atoms with Gasteiger partial charge in [0, 0.05) is 11.8 Å². The number of benzene rings is 2. The van der Waals surface area contributed by atoms with Crippen molar-refractivity contribution in [3.05, 3.63) is 65.2 Å². The summed E-state index contributed by atoms with van der Waals surface area (Å²) in [4.78, 5) is 23.4. The molecule has 0 aliphatic carbocycles. The molecule has 0 atom stereocenters. The van der Waals surface area contributed by atoms with Crippen molar-refractivity contribution in [2.24, 2.45) is 0 Å². The molecule has 2 aromatic carbocycles. The number of rotatable bonds is 5. The van der Waals surface area contributed by atoms with Crippen LogP contribution in [-0.2, 0) is 22.2 Å². The lowest BCUT2D eigenvalue weighted by Gasteiger charge is -2.09. The van der Waals surface area contributed by atoms with E-state index in [0.29, 0.717) is 0 Å². The second-order valence-corrected chi connectivity index (χ2v) is 5.33. The zero-order valence-corrected chi connectivity index (χ0v) is 13.2. The molecule has 0 bridgehead atoms. The zero-order chi connectivity index (χ0) is 19.3. The van der Waals surface area contributed by atoms with E-state index in [2.05, 4.69) is 10.6 Å². The van der Waals surface area contributed by atoms with Gasteiger partial charge in [0.1, 0.15) is 0 Å². The lowest BCUT2D eigenvalue weighted by molar-refractivity contribution is -0.137. The molecule has 9 heteroatoms. The van der Waals surface area contributed by atoms with E-state index < -0.39 is 41.7 Å². The molecule has 0 spiro atoms. The fraction of sp³-hybridized carbons (Fsp3) is 0.176. The SMILES string of the molecule is O=C(Cc1cccc(C(F)(F)F)c1)NCC(=O)Nc1ccc(F)c(F)c1. The summed E-state index contributed by atoms with van der Waals surface area (Å²) in [6.45, 7) is -0.475. The van der Waals surface area contributed by atoms with Crippen LogP contribution in [0.25, 0.3) is 0 Å². The first-order valence-corrected chi connectivity index (χ1v) is 7.33. The molecule has 0 saturated carbocycles. The molecule has 0 saturated heterocycles. The number of carbonyl (C=O) groups is 2. The van der Waals surface area contributed by atoms with Crippen molar-refractivity contribution in [3.63, 3.8) is 0 Å². The molecule has 0 radical (unpaired) electrons. The quantitative estimate of drug-likeness (QED) is 0.792. The first kappa shape index (κ1) is 19.4. The largest absolute Gasteiger partial charge is 0.416 e. The number of halogens is 5. The molecule has 26 heavy (non-hydrogen) atoms. The fourth-order valence-corrected chi connectivity index (χ4v) is 2.06. The molecule has 2 rings (SSSR count). The third kappa shape index (κ3) is 5.54. The van der Waals surface area contributed by atoms with Gasteiger partial charge in [-0.15, -0.1) is 0 Å². The summed E-state index contributed by atoms with van der Waals surface area (Å²) in [5.74, 6) is -3.58. The van der Waals surface area contributed by atoms with Gasteiger partial charge in [-0.25, -0.2) is 8.78 Å². The van der Waals surface area contributed by atoms with E-state index >= 15 is 0 Å². The van der Waals surface area contributed by atoms with Crippen LogP contribution in [0.2, 0.25) is 0 Å². The van der Waals surface area contributed by atoms with Crippen molar-refractivity contribution in [2.75, 3.05) is 11.9 Å².